The largest absolute Gasteiger partial charge is 0.126 e. The molecule has 0 aromatic heterocycles. The molecule has 0 unspecified atom stereocenters. The van der Waals surface area contributed by atoms with Gasteiger partial charge >= 0.3 is 0 Å². The molecule has 1 aliphatic heterocycles. The minimum absolute atomic E-state index is 0.734. The second-order valence-electron chi connectivity index (χ2n) is 4.54. The van der Waals surface area contributed by atoms with Crippen LogP contribution in [0.15, 0.2) is 0 Å². The summed E-state index contributed by atoms with van der Waals surface area (Å²) in [6.07, 6.45) is 9.04. The third kappa shape index (κ3) is 0.963. The van der Waals surface area contributed by atoms with Crippen molar-refractivity contribution in [3.8, 4) is 0 Å². The molecular weight excluding hydrogens is 204 g/mol. The van der Waals surface area contributed by atoms with Gasteiger partial charge < -0.3 is 0 Å². The molecule has 3 saturated carbocycles. The van der Waals surface area contributed by atoms with Gasteiger partial charge in [-0.2, -0.15) is 0 Å². The van der Waals surface area contributed by atoms with E-state index in [1.807, 2.05) is 0 Å². The molecule has 0 nitrogen and oxygen atoms in total. The van der Waals surface area contributed by atoms with Crippen LogP contribution in [0.3, 0.4) is 0 Å². The molecule has 0 radical (unpaired) electrons. The van der Waals surface area contributed by atoms with Crippen LogP contribution in [0.4, 0.5) is 0 Å². The van der Waals surface area contributed by atoms with Crippen molar-refractivity contribution in [1.29, 1.82) is 0 Å². The molecule has 1 heterocycles. The number of hydrogen-bond acceptors (Lipinski definition) is 3. The minimum atomic E-state index is 0.734. The van der Waals surface area contributed by atoms with E-state index in [4.69, 9.17) is 0 Å². The summed E-state index contributed by atoms with van der Waals surface area (Å²) in [7, 11) is 0. The van der Waals surface area contributed by atoms with E-state index >= 15 is 0 Å². The van der Waals surface area contributed by atoms with Crippen molar-refractivity contribution in [1.82, 2.24) is 0 Å². The Labute approximate surface area is 86.0 Å². The summed E-state index contributed by atoms with van der Waals surface area (Å²) in [5.74, 6) is 0. The van der Waals surface area contributed by atoms with Gasteiger partial charge in [0.25, 0.3) is 0 Å². The predicted octanol–water partition coefficient (Wildman–Crippen LogP) is 3.67. The van der Waals surface area contributed by atoms with Crippen molar-refractivity contribution < 1.29 is 0 Å². The summed E-state index contributed by atoms with van der Waals surface area (Å²) < 4.78 is 2.20. The first-order valence-electron chi connectivity index (χ1n) is 4.85. The molecule has 0 N–H and O–H groups in total. The summed E-state index contributed by atoms with van der Waals surface area (Å²) in [5, 5.41) is 0. The Balaban J connectivity index is 1.70. The third-order valence-electron chi connectivity index (χ3n) is 3.09. The molecule has 0 amide bonds. The van der Waals surface area contributed by atoms with E-state index in [0.29, 0.717) is 0 Å². The molecule has 12 heavy (non-hydrogen) atoms. The second kappa shape index (κ2) is 1.87. The van der Waals surface area contributed by atoms with Gasteiger partial charge in [-0.25, -0.2) is 0 Å². The van der Waals surface area contributed by atoms with Crippen LogP contribution in [0.1, 0.15) is 38.5 Å². The molecule has 0 aromatic rings. The van der Waals surface area contributed by atoms with E-state index in [2.05, 4.69) is 35.3 Å². The molecule has 3 aliphatic carbocycles. The van der Waals surface area contributed by atoms with Crippen LogP contribution < -0.4 is 0 Å². The Hall–Kier alpha value is 1.05. The highest BCUT2D eigenvalue weighted by molar-refractivity contribution is 8.36. The molecule has 4 rings (SSSR count). The van der Waals surface area contributed by atoms with Crippen molar-refractivity contribution in [2.75, 3.05) is 0 Å². The first kappa shape index (κ1) is 7.36. The molecule has 1 saturated heterocycles. The molecule has 0 aromatic carbocycles. The van der Waals surface area contributed by atoms with Crippen LogP contribution in [0.5, 0.6) is 0 Å². The topological polar surface area (TPSA) is 0 Å². The lowest BCUT2D eigenvalue weighted by Gasteiger charge is -2.34. The molecule has 66 valence electrons. The van der Waals surface area contributed by atoms with Crippen LogP contribution in [-0.4, -0.2) is 12.2 Å². The predicted molar refractivity (Wildman–Crippen MR) is 58.7 cm³/mol. The summed E-state index contributed by atoms with van der Waals surface area (Å²) in [6.45, 7) is 0. The van der Waals surface area contributed by atoms with Gasteiger partial charge in [0.15, 0.2) is 0 Å². The molecule has 4 aliphatic rings. The maximum absolute atomic E-state index is 2.34. The lowest BCUT2D eigenvalue weighted by molar-refractivity contribution is 1.23. The summed E-state index contributed by atoms with van der Waals surface area (Å²) >= 11 is 7.01. The molecule has 0 atom stereocenters. The van der Waals surface area contributed by atoms with Crippen molar-refractivity contribution in [2.24, 2.45) is 0 Å². The Kier molecular flexibility index (Phi) is 1.15. The fraction of sp³-hybridized carbons (Fsp3) is 1.00. The average molecular weight is 216 g/mol. The van der Waals surface area contributed by atoms with Crippen LogP contribution in [0.2, 0.25) is 0 Å². The van der Waals surface area contributed by atoms with Gasteiger partial charge in [0.05, 0.1) is 12.2 Å². The molecule has 0 bridgehead atoms. The van der Waals surface area contributed by atoms with Gasteiger partial charge in [0, 0.05) is 0 Å². The Morgan fingerprint density at radius 3 is 0.917 bits per heavy atom. The number of hydrogen-bond donors (Lipinski definition) is 0. The highest BCUT2D eigenvalue weighted by Crippen LogP contribution is 2.83. The minimum Gasteiger partial charge on any atom is -0.126 e. The van der Waals surface area contributed by atoms with E-state index in [1.165, 1.54) is 38.5 Å². The van der Waals surface area contributed by atoms with Crippen molar-refractivity contribution >= 4 is 35.3 Å². The highest BCUT2D eigenvalue weighted by atomic mass is 32.3. The number of thioether (sulfide) groups is 3. The zero-order chi connectivity index (χ0) is 7.86. The summed E-state index contributed by atoms with van der Waals surface area (Å²) in [6, 6.07) is 0. The monoisotopic (exact) mass is 216 g/mol. The van der Waals surface area contributed by atoms with Crippen LogP contribution >= 0.6 is 35.3 Å². The first-order chi connectivity index (χ1) is 5.74. The maximum atomic E-state index is 2.34. The SMILES string of the molecule is C1CC12SC1(CC1)SC1(CC1)S2. The quantitative estimate of drug-likeness (QED) is 0.606. The van der Waals surface area contributed by atoms with Crippen LogP contribution in [0, 0.1) is 0 Å². The standard InChI is InChI=1S/C9H12S3/c1-2-7(1)10-8(3-4-8)12-9(11-7)5-6-9/h1-6H2. The summed E-state index contributed by atoms with van der Waals surface area (Å²) in [4.78, 5) is 0. The van der Waals surface area contributed by atoms with Gasteiger partial charge in [-0.1, -0.05) is 0 Å². The van der Waals surface area contributed by atoms with Gasteiger partial charge in [-0.3, -0.25) is 0 Å². The zero-order valence-corrected chi connectivity index (χ0v) is 9.42. The first-order valence-corrected chi connectivity index (χ1v) is 7.30. The van der Waals surface area contributed by atoms with Gasteiger partial charge in [0.1, 0.15) is 0 Å². The molecule has 3 spiro atoms. The van der Waals surface area contributed by atoms with E-state index in [9.17, 15) is 0 Å². The maximum Gasteiger partial charge on any atom is 0.0640 e. The highest BCUT2D eigenvalue weighted by Gasteiger charge is 2.68. The van der Waals surface area contributed by atoms with E-state index in [1.54, 1.807) is 0 Å². The lowest BCUT2D eigenvalue weighted by atomic mass is 10.9. The van der Waals surface area contributed by atoms with Crippen LogP contribution in [-0.2, 0) is 0 Å². The van der Waals surface area contributed by atoms with E-state index in [-0.39, 0.29) is 0 Å². The van der Waals surface area contributed by atoms with Gasteiger partial charge in [-0.05, 0) is 38.5 Å². The number of rotatable bonds is 0. The molecule has 4 fully saturated rings. The van der Waals surface area contributed by atoms with E-state index < -0.39 is 0 Å². The lowest BCUT2D eigenvalue weighted by Crippen LogP contribution is -2.20. The fourth-order valence-corrected chi connectivity index (χ4v) is 9.72. The summed E-state index contributed by atoms with van der Waals surface area (Å²) in [5.41, 5.74) is 0. The van der Waals surface area contributed by atoms with E-state index in [0.717, 1.165) is 12.2 Å². The molecular formula is C9H12S3. The van der Waals surface area contributed by atoms with Crippen molar-refractivity contribution in [3.05, 3.63) is 0 Å². The fourth-order valence-electron chi connectivity index (χ4n) is 2.00. The van der Waals surface area contributed by atoms with Gasteiger partial charge in [-0.15, -0.1) is 35.3 Å². The smallest absolute Gasteiger partial charge is 0.0640 e. The Morgan fingerprint density at radius 2 is 0.750 bits per heavy atom. The Bertz CT molecular complexity index is 194. The van der Waals surface area contributed by atoms with Gasteiger partial charge in [0.2, 0.25) is 0 Å². The zero-order valence-electron chi connectivity index (χ0n) is 6.97. The second-order valence-corrected chi connectivity index (χ2v) is 10.6. The molecule has 3 heteroatoms. The van der Waals surface area contributed by atoms with Crippen molar-refractivity contribution in [2.45, 2.75) is 50.8 Å². The normalized spacial score (nSPS) is 42.0. The van der Waals surface area contributed by atoms with Crippen molar-refractivity contribution in [3.63, 3.8) is 0 Å². The van der Waals surface area contributed by atoms with Crippen LogP contribution in [0.25, 0.3) is 0 Å². The Morgan fingerprint density at radius 1 is 0.500 bits per heavy atom. The average Bonchev–Trinajstić information content (AvgIpc) is 2.87. The third-order valence-corrected chi connectivity index (χ3v) is 9.27.